The zero-order valence-corrected chi connectivity index (χ0v) is 17.0. The topological polar surface area (TPSA) is 78.3 Å². The minimum atomic E-state index is -1.07. The van der Waals surface area contributed by atoms with Crippen molar-refractivity contribution in [2.75, 3.05) is 23.3 Å². The van der Waals surface area contributed by atoms with Crippen LogP contribution in [0.25, 0.3) is 27.5 Å². The third kappa shape index (κ3) is 2.87. The maximum Gasteiger partial charge on any atom is 0.231 e. The Hall–Kier alpha value is -3.20. The molecule has 0 unspecified atom stereocenters. The normalized spacial score (nSPS) is 20.3. The van der Waals surface area contributed by atoms with Crippen molar-refractivity contribution in [2.24, 2.45) is 5.92 Å². The number of amides is 1. The molecular weight excluding hydrogens is 426 g/mol. The Morgan fingerprint density at radius 1 is 1.32 bits per heavy atom. The van der Waals surface area contributed by atoms with E-state index in [0.717, 1.165) is 24.9 Å². The van der Waals surface area contributed by atoms with Gasteiger partial charge in [-0.3, -0.25) is 9.89 Å². The Labute approximate surface area is 180 Å². The van der Waals surface area contributed by atoms with Crippen LogP contribution in [0.4, 0.5) is 20.3 Å². The van der Waals surface area contributed by atoms with Gasteiger partial charge in [-0.05, 0) is 30.5 Å². The molecule has 1 aromatic carbocycles. The number of pyridine rings is 1. The molecule has 4 heterocycles. The molecule has 31 heavy (non-hydrogen) atoms. The molecular formula is C21H17ClF2N6O. The second kappa shape index (κ2) is 6.65. The molecule has 1 aliphatic heterocycles. The summed E-state index contributed by atoms with van der Waals surface area (Å²) in [5.74, 6) is -1.11. The number of hydrogen-bond acceptors (Lipinski definition) is 4. The number of fused-ring (bicyclic) bond motifs is 2. The number of halogens is 3. The highest BCUT2D eigenvalue weighted by molar-refractivity contribution is 6.36. The molecule has 1 aliphatic carbocycles. The third-order valence-electron chi connectivity index (χ3n) is 5.99. The summed E-state index contributed by atoms with van der Waals surface area (Å²) in [6.45, 7) is 1.56. The van der Waals surface area contributed by atoms with Crippen molar-refractivity contribution in [2.45, 2.75) is 19.0 Å². The van der Waals surface area contributed by atoms with Gasteiger partial charge < -0.3 is 10.2 Å². The highest BCUT2D eigenvalue weighted by Gasteiger charge is 2.43. The minimum Gasteiger partial charge on any atom is -0.367 e. The molecule has 7 nitrogen and oxygen atoms in total. The lowest BCUT2D eigenvalue weighted by Gasteiger charge is -2.34. The highest BCUT2D eigenvalue weighted by atomic mass is 35.5. The fourth-order valence-corrected chi connectivity index (χ4v) is 4.38. The number of aromatic nitrogens is 4. The molecule has 2 aliphatic rings. The van der Waals surface area contributed by atoms with Crippen LogP contribution in [-0.2, 0) is 4.79 Å². The average Bonchev–Trinajstić information content (AvgIpc) is 3.09. The van der Waals surface area contributed by atoms with E-state index in [4.69, 9.17) is 11.6 Å². The van der Waals surface area contributed by atoms with Crippen molar-refractivity contribution in [3.05, 3.63) is 41.4 Å². The van der Waals surface area contributed by atoms with E-state index in [1.165, 1.54) is 0 Å². The van der Waals surface area contributed by atoms with Crippen LogP contribution in [0, 0.1) is 11.7 Å². The Morgan fingerprint density at radius 2 is 2.13 bits per heavy atom. The van der Waals surface area contributed by atoms with Crippen molar-refractivity contribution in [1.82, 2.24) is 19.8 Å². The van der Waals surface area contributed by atoms with Gasteiger partial charge in [0.1, 0.15) is 11.9 Å². The van der Waals surface area contributed by atoms with Gasteiger partial charge in [0.2, 0.25) is 5.91 Å². The molecule has 4 aromatic rings. The maximum absolute atomic E-state index is 15.3. The third-order valence-corrected chi connectivity index (χ3v) is 6.35. The highest BCUT2D eigenvalue weighted by Crippen LogP contribution is 2.43. The molecule has 158 valence electrons. The van der Waals surface area contributed by atoms with E-state index in [0.29, 0.717) is 33.7 Å². The zero-order valence-electron chi connectivity index (χ0n) is 16.2. The van der Waals surface area contributed by atoms with Crippen LogP contribution < -0.4 is 10.2 Å². The van der Waals surface area contributed by atoms with Gasteiger partial charge in [-0.2, -0.15) is 10.2 Å². The standard InChI is InChI=1S/C21H17ClF2N6O/c22-17-16(13-9-25-27-19(13)20(18(17)24)29-3-1-4-29)10-2-5-30-11(6-10)7-15(28-30)26-21(31)12-8-14(12)23/h2,5-7,9,12,14H,1,3-4,8H2,(H,25,27)(H,26,28,31)/t12-,14+/m1/s1. The fourth-order valence-electron chi connectivity index (χ4n) is 4.08. The molecule has 0 bridgehead atoms. The zero-order chi connectivity index (χ0) is 21.3. The summed E-state index contributed by atoms with van der Waals surface area (Å²) in [5.41, 5.74) is 2.99. The number of carbonyl (C=O) groups is 1. The second-order valence-corrected chi connectivity index (χ2v) is 8.39. The summed E-state index contributed by atoms with van der Waals surface area (Å²) in [5, 5.41) is 14.8. The summed E-state index contributed by atoms with van der Waals surface area (Å²) < 4.78 is 30.0. The van der Waals surface area contributed by atoms with E-state index < -0.39 is 17.9 Å². The van der Waals surface area contributed by atoms with Crippen LogP contribution in [0.1, 0.15) is 12.8 Å². The van der Waals surface area contributed by atoms with Crippen LogP contribution in [0.15, 0.2) is 30.6 Å². The molecule has 1 saturated heterocycles. The molecule has 2 N–H and O–H groups in total. The lowest BCUT2D eigenvalue weighted by molar-refractivity contribution is -0.117. The lowest BCUT2D eigenvalue weighted by atomic mass is 9.99. The Bertz CT molecular complexity index is 1360. The van der Waals surface area contributed by atoms with Gasteiger partial charge in [-0.15, -0.1) is 0 Å². The van der Waals surface area contributed by atoms with Crippen LogP contribution >= 0.6 is 11.6 Å². The number of hydrogen-bond donors (Lipinski definition) is 2. The number of nitrogens with one attached hydrogen (secondary N) is 2. The predicted octanol–water partition coefficient (Wildman–Crippen LogP) is 4.18. The summed E-state index contributed by atoms with van der Waals surface area (Å²) >= 11 is 6.52. The first-order valence-corrected chi connectivity index (χ1v) is 10.4. The molecule has 2 atom stereocenters. The van der Waals surface area contributed by atoms with Crippen molar-refractivity contribution in [3.8, 4) is 11.1 Å². The van der Waals surface area contributed by atoms with Crippen LogP contribution in [0.2, 0.25) is 5.02 Å². The Morgan fingerprint density at radius 3 is 2.84 bits per heavy atom. The first-order valence-electron chi connectivity index (χ1n) is 10.0. The number of nitrogens with zero attached hydrogens (tertiary/aromatic N) is 4. The van der Waals surface area contributed by atoms with Gasteiger partial charge in [0.15, 0.2) is 11.6 Å². The molecule has 2 fully saturated rings. The predicted molar refractivity (Wildman–Crippen MR) is 114 cm³/mol. The smallest absolute Gasteiger partial charge is 0.231 e. The molecule has 1 amide bonds. The monoisotopic (exact) mass is 442 g/mol. The van der Waals surface area contributed by atoms with E-state index in [-0.39, 0.29) is 17.4 Å². The van der Waals surface area contributed by atoms with E-state index >= 15 is 4.39 Å². The van der Waals surface area contributed by atoms with Crippen molar-refractivity contribution in [1.29, 1.82) is 0 Å². The molecule has 0 radical (unpaired) electrons. The number of alkyl halides is 1. The van der Waals surface area contributed by atoms with Gasteiger partial charge >= 0.3 is 0 Å². The Kier molecular flexibility index (Phi) is 3.98. The second-order valence-electron chi connectivity index (χ2n) is 8.01. The summed E-state index contributed by atoms with van der Waals surface area (Å²) in [6.07, 6.45) is 3.55. The fraction of sp³-hybridized carbons (Fsp3) is 0.286. The van der Waals surface area contributed by atoms with Gasteiger partial charge in [-0.25, -0.2) is 13.3 Å². The largest absolute Gasteiger partial charge is 0.367 e. The van der Waals surface area contributed by atoms with Crippen molar-refractivity contribution in [3.63, 3.8) is 0 Å². The SMILES string of the molecule is O=C(Nc1cc2cc(-c3c(Cl)c(F)c(N4CCC4)c4[nH]ncc34)ccn2n1)[C@@H]1C[C@@H]1F. The van der Waals surface area contributed by atoms with E-state index in [9.17, 15) is 9.18 Å². The van der Waals surface area contributed by atoms with Gasteiger partial charge in [0, 0.05) is 36.3 Å². The van der Waals surface area contributed by atoms with Gasteiger partial charge in [-0.1, -0.05) is 11.6 Å². The molecule has 0 spiro atoms. The van der Waals surface area contributed by atoms with Gasteiger partial charge in [0.05, 0.1) is 28.2 Å². The van der Waals surface area contributed by atoms with Gasteiger partial charge in [0.25, 0.3) is 0 Å². The average molecular weight is 443 g/mol. The van der Waals surface area contributed by atoms with Crippen molar-refractivity contribution < 1.29 is 13.6 Å². The van der Waals surface area contributed by atoms with E-state index in [2.05, 4.69) is 20.6 Å². The van der Waals surface area contributed by atoms with E-state index in [1.807, 2.05) is 11.0 Å². The number of aromatic amines is 1. The van der Waals surface area contributed by atoms with Crippen LogP contribution in [0.3, 0.4) is 0 Å². The number of anilines is 2. The number of benzene rings is 1. The number of carbonyl (C=O) groups excluding carboxylic acids is 1. The molecule has 10 heteroatoms. The summed E-state index contributed by atoms with van der Waals surface area (Å²) in [6, 6.07) is 5.27. The Balaban J connectivity index is 1.42. The first kappa shape index (κ1) is 18.6. The first-order chi connectivity index (χ1) is 15.0. The molecule has 6 rings (SSSR count). The van der Waals surface area contributed by atoms with Crippen molar-refractivity contribution >= 4 is 45.4 Å². The number of H-pyrrole nitrogens is 1. The summed E-state index contributed by atoms with van der Waals surface area (Å²) in [7, 11) is 0. The minimum absolute atomic E-state index is 0.0379. The summed E-state index contributed by atoms with van der Waals surface area (Å²) in [4.78, 5) is 13.9. The van der Waals surface area contributed by atoms with Crippen LogP contribution in [0.5, 0.6) is 0 Å². The molecule has 1 saturated carbocycles. The van der Waals surface area contributed by atoms with E-state index in [1.54, 1.807) is 29.0 Å². The quantitative estimate of drug-likeness (QED) is 0.497. The van der Waals surface area contributed by atoms with Crippen LogP contribution in [-0.4, -0.2) is 45.0 Å². The lowest BCUT2D eigenvalue weighted by Crippen LogP contribution is -2.37. The maximum atomic E-state index is 15.3. The molecule has 3 aromatic heterocycles. The number of rotatable bonds is 4.